The van der Waals surface area contributed by atoms with Crippen molar-refractivity contribution in [3.63, 3.8) is 0 Å². The van der Waals surface area contributed by atoms with Gasteiger partial charge in [-0.25, -0.2) is 9.97 Å². The van der Waals surface area contributed by atoms with Crippen molar-refractivity contribution in [3.05, 3.63) is 40.0 Å². The molecule has 1 aromatic carbocycles. The third kappa shape index (κ3) is 2.93. The molecule has 0 aliphatic carbocycles. The van der Waals surface area contributed by atoms with E-state index in [2.05, 4.69) is 9.97 Å². The largest absolute Gasteiger partial charge is 0.290 e. The number of hydrogen-bond donors (Lipinski definition) is 0. The van der Waals surface area contributed by atoms with E-state index in [1.165, 1.54) is 23.5 Å². The van der Waals surface area contributed by atoms with Crippen LogP contribution >= 0.6 is 46.7 Å². The first-order chi connectivity index (χ1) is 10.8. The average molecular weight is 386 g/mol. The highest BCUT2D eigenvalue weighted by molar-refractivity contribution is 8.01. The van der Waals surface area contributed by atoms with Crippen LogP contribution in [0.2, 0.25) is 10.0 Å². The maximum atomic E-state index is 13.0. The molecule has 0 saturated heterocycles. The monoisotopic (exact) mass is 385 g/mol. The lowest BCUT2D eigenvalue weighted by Gasteiger charge is -2.42. The quantitative estimate of drug-likeness (QED) is 0.413. The van der Waals surface area contributed by atoms with E-state index in [-0.39, 0.29) is 5.91 Å². The first-order valence-corrected chi connectivity index (χ1v) is 9.53. The number of aromatic nitrogens is 2. The molecule has 0 atom stereocenters. The van der Waals surface area contributed by atoms with Crippen molar-refractivity contribution in [2.24, 2.45) is 0 Å². The van der Waals surface area contributed by atoms with E-state index in [0.29, 0.717) is 31.5 Å². The number of anilines is 1. The van der Waals surface area contributed by atoms with Gasteiger partial charge >= 0.3 is 0 Å². The zero-order valence-corrected chi connectivity index (χ0v) is 15.8. The molecular weight excluding hydrogens is 373 g/mol. The SMILES string of the molecule is CSc1ncc2c(n1)SC(C)(C)N(c1c(Cl)cccc1Cl)C2=O. The van der Waals surface area contributed by atoms with Crippen LogP contribution in [0.4, 0.5) is 5.69 Å². The second kappa shape index (κ2) is 6.16. The number of para-hydroxylation sites is 1. The van der Waals surface area contributed by atoms with Crippen molar-refractivity contribution >= 4 is 58.3 Å². The van der Waals surface area contributed by atoms with Crippen LogP contribution in [0.15, 0.2) is 34.6 Å². The first-order valence-electron chi connectivity index (χ1n) is 6.74. The third-order valence-corrected chi connectivity index (χ3v) is 5.75. The molecule has 1 amide bonds. The Kier molecular flexibility index (Phi) is 4.53. The molecule has 1 aliphatic rings. The molecule has 0 fully saturated rings. The van der Waals surface area contributed by atoms with Gasteiger partial charge in [-0.1, -0.05) is 52.8 Å². The molecule has 1 aliphatic heterocycles. The predicted octanol–water partition coefficient (Wildman–Crippen LogP) is 4.99. The molecule has 1 aromatic heterocycles. The Morgan fingerprint density at radius 3 is 2.52 bits per heavy atom. The number of amides is 1. The topological polar surface area (TPSA) is 46.1 Å². The summed E-state index contributed by atoms with van der Waals surface area (Å²) >= 11 is 15.5. The summed E-state index contributed by atoms with van der Waals surface area (Å²) in [5, 5.41) is 2.19. The molecule has 23 heavy (non-hydrogen) atoms. The van der Waals surface area contributed by atoms with Crippen molar-refractivity contribution in [1.29, 1.82) is 0 Å². The van der Waals surface area contributed by atoms with Gasteiger partial charge in [-0.2, -0.15) is 0 Å². The van der Waals surface area contributed by atoms with E-state index in [1.54, 1.807) is 29.3 Å². The van der Waals surface area contributed by atoms with Crippen LogP contribution in [0.3, 0.4) is 0 Å². The molecule has 0 N–H and O–H groups in total. The lowest BCUT2D eigenvalue weighted by Crippen LogP contribution is -2.49. The van der Waals surface area contributed by atoms with Gasteiger partial charge in [0.2, 0.25) is 0 Å². The fraction of sp³-hybridized carbons (Fsp3) is 0.267. The minimum Gasteiger partial charge on any atom is -0.290 e. The number of hydrogen-bond acceptors (Lipinski definition) is 5. The summed E-state index contributed by atoms with van der Waals surface area (Å²) in [6.45, 7) is 3.89. The van der Waals surface area contributed by atoms with Gasteiger partial charge in [0.25, 0.3) is 5.91 Å². The summed E-state index contributed by atoms with van der Waals surface area (Å²) in [5.74, 6) is -0.202. The van der Waals surface area contributed by atoms with Crippen molar-refractivity contribution in [3.8, 4) is 0 Å². The highest BCUT2D eigenvalue weighted by Crippen LogP contribution is 2.48. The standard InChI is InChI=1S/C15H13Cl2N3OS2/c1-15(2)20(11-9(16)5-4-6-10(11)17)13(21)8-7-18-14(22-3)19-12(8)23-15/h4-7H,1-3H3. The summed E-state index contributed by atoms with van der Waals surface area (Å²) < 4.78 is 0. The molecule has 0 saturated carbocycles. The Morgan fingerprint density at radius 2 is 1.91 bits per heavy atom. The first kappa shape index (κ1) is 16.9. The van der Waals surface area contributed by atoms with Crippen LogP contribution in [0, 0.1) is 0 Å². The van der Waals surface area contributed by atoms with Crippen LogP contribution in [-0.2, 0) is 0 Å². The molecular formula is C15H13Cl2N3OS2. The van der Waals surface area contributed by atoms with E-state index in [9.17, 15) is 4.79 Å². The Morgan fingerprint density at radius 1 is 1.26 bits per heavy atom. The van der Waals surface area contributed by atoms with Crippen LogP contribution in [-0.4, -0.2) is 27.0 Å². The van der Waals surface area contributed by atoms with Gasteiger partial charge in [0.15, 0.2) is 5.16 Å². The number of rotatable bonds is 2. The highest BCUT2D eigenvalue weighted by Gasteiger charge is 2.42. The Hall–Kier alpha value is -0.950. The van der Waals surface area contributed by atoms with E-state index in [4.69, 9.17) is 23.2 Å². The zero-order valence-electron chi connectivity index (χ0n) is 12.6. The van der Waals surface area contributed by atoms with Crippen LogP contribution in [0.25, 0.3) is 0 Å². The Balaban J connectivity index is 2.17. The number of nitrogens with zero attached hydrogens (tertiary/aromatic N) is 3. The summed E-state index contributed by atoms with van der Waals surface area (Å²) in [5.41, 5.74) is 0.973. The highest BCUT2D eigenvalue weighted by atomic mass is 35.5. The van der Waals surface area contributed by atoms with Gasteiger partial charge in [0.1, 0.15) is 5.03 Å². The van der Waals surface area contributed by atoms with E-state index >= 15 is 0 Å². The van der Waals surface area contributed by atoms with Gasteiger partial charge in [-0.05, 0) is 32.2 Å². The summed E-state index contributed by atoms with van der Waals surface area (Å²) in [6.07, 6.45) is 3.47. The molecule has 4 nitrogen and oxygen atoms in total. The van der Waals surface area contributed by atoms with Crippen LogP contribution < -0.4 is 4.90 Å². The fourth-order valence-corrected chi connectivity index (χ4v) is 4.48. The van der Waals surface area contributed by atoms with Gasteiger partial charge in [-0.15, -0.1) is 0 Å². The normalized spacial score (nSPS) is 16.4. The molecule has 0 bridgehead atoms. The number of thioether (sulfide) groups is 2. The zero-order chi connectivity index (χ0) is 16.8. The molecule has 2 aromatic rings. The maximum absolute atomic E-state index is 13.0. The molecule has 3 rings (SSSR count). The van der Waals surface area contributed by atoms with E-state index in [0.717, 1.165) is 0 Å². The molecule has 120 valence electrons. The Labute approximate surface area is 153 Å². The van der Waals surface area contributed by atoms with Gasteiger partial charge in [-0.3, -0.25) is 9.69 Å². The number of halogens is 2. The number of carbonyl (C=O) groups excluding carboxylic acids is 1. The van der Waals surface area contributed by atoms with Crippen molar-refractivity contribution in [1.82, 2.24) is 9.97 Å². The minimum atomic E-state index is -0.581. The summed E-state index contributed by atoms with van der Waals surface area (Å²) in [4.78, 5) is 22.7. The van der Waals surface area contributed by atoms with E-state index < -0.39 is 4.87 Å². The van der Waals surface area contributed by atoms with Crippen LogP contribution in [0.5, 0.6) is 0 Å². The lowest BCUT2D eigenvalue weighted by molar-refractivity contribution is 0.0968. The van der Waals surface area contributed by atoms with Crippen molar-refractivity contribution < 1.29 is 4.79 Å². The van der Waals surface area contributed by atoms with Gasteiger partial charge in [0.05, 0.1) is 26.2 Å². The van der Waals surface area contributed by atoms with E-state index in [1.807, 2.05) is 20.1 Å². The smallest absolute Gasteiger partial charge is 0.263 e. The molecule has 8 heteroatoms. The van der Waals surface area contributed by atoms with Crippen LogP contribution in [0.1, 0.15) is 24.2 Å². The summed E-state index contributed by atoms with van der Waals surface area (Å²) in [7, 11) is 0. The predicted molar refractivity (Wildman–Crippen MR) is 97.0 cm³/mol. The van der Waals surface area contributed by atoms with Crippen molar-refractivity contribution in [2.75, 3.05) is 11.2 Å². The fourth-order valence-electron chi connectivity index (χ4n) is 2.39. The summed E-state index contributed by atoms with van der Waals surface area (Å²) in [6, 6.07) is 5.20. The molecule has 0 radical (unpaired) electrons. The minimum absolute atomic E-state index is 0.202. The third-order valence-electron chi connectivity index (χ3n) is 3.39. The van der Waals surface area contributed by atoms with Gasteiger partial charge < -0.3 is 0 Å². The lowest BCUT2D eigenvalue weighted by atomic mass is 10.1. The number of benzene rings is 1. The van der Waals surface area contributed by atoms with Crippen molar-refractivity contribution in [2.45, 2.75) is 28.9 Å². The average Bonchev–Trinajstić information content (AvgIpc) is 2.48. The Bertz CT molecular complexity index is 778. The number of carbonyl (C=O) groups is 1. The second-order valence-electron chi connectivity index (χ2n) is 5.34. The molecule has 0 unspecified atom stereocenters. The molecule has 0 spiro atoms. The molecule has 2 heterocycles. The van der Waals surface area contributed by atoms with Gasteiger partial charge in [0, 0.05) is 6.20 Å². The number of fused-ring (bicyclic) bond motifs is 1. The maximum Gasteiger partial charge on any atom is 0.263 e. The second-order valence-corrected chi connectivity index (χ2v) is 8.51.